The molecule has 3 rings (SSSR count). The molecule has 2 amide bonds. The highest BCUT2D eigenvalue weighted by atomic mass is 16.6. The third-order valence-corrected chi connectivity index (χ3v) is 4.84. The van der Waals surface area contributed by atoms with Crippen molar-refractivity contribution in [2.75, 3.05) is 17.2 Å². The molecule has 3 N–H and O–H groups in total. The first kappa shape index (κ1) is 22.6. The highest BCUT2D eigenvalue weighted by Gasteiger charge is 2.20. The molecule has 3 aromatic carbocycles. The zero-order chi connectivity index (χ0) is 22.9. The lowest BCUT2D eigenvalue weighted by atomic mass is 10.1. The Morgan fingerprint density at radius 1 is 0.938 bits per heavy atom. The maximum absolute atomic E-state index is 12.9. The monoisotopic (exact) mass is 432 g/mol. The minimum atomic E-state index is -0.649. The van der Waals surface area contributed by atoms with Gasteiger partial charge in [0.1, 0.15) is 6.04 Å². The number of anilines is 2. The summed E-state index contributed by atoms with van der Waals surface area (Å²) in [4.78, 5) is 35.8. The molecule has 1 atom stereocenters. The van der Waals surface area contributed by atoms with Gasteiger partial charge >= 0.3 is 0 Å². The average molecular weight is 432 g/mol. The van der Waals surface area contributed by atoms with E-state index in [9.17, 15) is 19.7 Å². The molecule has 0 bridgehead atoms. The van der Waals surface area contributed by atoms with Gasteiger partial charge in [-0.3, -0.25) is 19.7 Å². The Kier molecular flexibility index (Phi) is 7.66. The van der Waals surface area contributed by atoms with Crippen LogP contribution in [-0.4, -0.2) is 23.3 Å². The van der Waals surface area contributed by atoms with Crippen LogP contribution in [0.5, 0.6) is 0 Å². The van der Waals surface area contributed by atoms with Gasteiger partial charge in [-0.25, -0.2) is 0 Å². The van der Waals surface area contributed by atoms with Crippen LogP contribution >= 0.6 is 0 Å². The van der Waals surface area contributed by atoms with E-state index in [1.54, 1.807) is 25.1 Å². The Labute approximate surface area is 185 Å². The number of rotatable bonds is 9. The van der Waals surface area contributed by atoms with Gasteiger partial charge in [0.05, 0.1) is 10.6 Å². The second-order valence-corrected chi connectivity index (χ2v) is 7.21. The smallest absolute Gasteiger partial charge is 0.271 e. The normalized spacial score (nSPS) is 11.4. The van der Waals surface area contributed by atoms with Crippen LogP contribution in [0.15, 0.2) is 78.9 Å². The first-order valence-corrected chi connectivity index (χ1v) is 10.1. The highest BCUT2D eigenvalue weighted by molar-refractivity contribution is 5.95. The molecular formula is C24H24N4O4. The van der Waals surface area contributed by atoms with Crippen molar-refractivity contribution in [2.45, 2.75) is 19.4 Å². The molecule has 8 nitrogen and oxygen atoms in total. The van der Waals surface area contributed by atoms with E-state index < -0.39 is 11.0 Å². The summed E-state index contributed by atoms with van der Waals surface area (Å²) in [5.74, 6) is -0.547. The lowest BCUT2D eigenvalue weighted by molar-refractivity contribution is -0.384. The highest BCUT2D eigenvalue weighted by Crippen LogP contribution is 2.22. The molecule has 32 heavy (non-hydrogen) atoms. The minimum absolute atomic E-state index is 0.0874. The van der Waals surface area contributed by atoms with Gasteiger partial charge in [0, 0.05) is 30.8 Å². The summed E-state index contributed by atoms with van der Waals surface area (Å²) < 4.78 is 0. The van der Waals surface area contributed by atoms with E-state index in [1.165, 1.54) is 12.1 Å². The van der Waals surface area contributed by atoms with Crippen LogP contribution in [0, 0.1) is 17.0 Å². The summed E-state index contributed by atoms with van der Waals surface area (Å²) in [7, 11) is 0. The standard InChI is InChI=1S/C24H24N4O4/c1-17-12-13-20(28(31)32)16-21(17)27-22(29)14-15-25-23(18-8-4-2-5-9-18)24(30)26-19-10-6-3-7-11-19/h2-13,16,23,25H,14-15H2,1H3,(H,26,30)(H,27,29). The third kappa shape index (κ3) is 6.23. The fourth-order valence-electron chi connectivity index (χ4n) is 3.14. The van der Waals surface area contributed by atoms with Gasteiger partial charge < -0.3 is 16.0 Å². The number of nitro benzene ring substituents is 1. The number of carbonyl (C=O) groups is 2. The van der Waals surface area contributed by atoms with Crippen molar-refractivity contribution in [1.29, 1.82) is 0 Å². The van der Waals surface area contributed by atoms with Crippen LogP contribution < -0.4 is 16.0 Å². The van der Waals surface area contributed by atoms with Gasteiger partial charge in [-0.1, -0.05) is 54.6 Å². The van der Waals surface area contributed by atoms with Crippen molar-refractivity contribution in [2.24, 2.45) is 0 Å². The van der Waals surface area contributed by atoms with Crippen LogP contribution in [0.1, 0.15) is 23.6 Å². The molecule has 0 saturated heterocycles. The molecule has 0 aliphatic rings. The van der Waals surface area contributed by atoms with Crippen molar-refractivity contribution >= 4 is 28.9 Å². The van der Waals surface area contributed by atoms with Crippen LogP contribution in [-0.2, 0) is 9.59 Å². The molecule has 3 aromatic rings. The molecule has 0 radical (unpaired) electrons. The Morgan fingerprint density at radius 3 is 2.25 bits per heavy atom. The van der Waals surface area contributed by atoms with Gasteiger partial charge in [0.15, 0.2) is 0 Å². The van der Waals surface area contributed by atoms with E-state index in [0.717, 1.165) is 11.1 Å². The number of aryl methyl sites for hydroxylation is 1. The van der Waals surface area contributed by atoms with Gasteiger partial charge in [0.2, 0.25) is 11.8 Å². The van der Waals surface area contributed by atoms with Crippen molar-refractivity contribution in [3.05, 3.63) is 100 Å². The third-order valence-electron chi connectivity index (χ3n) is 4.84. The summed E-state index contributed by atoms with van der Waals surface area (Å²) in [5, 5.41) is 19.7. The van der Waals surface area contributed by atoms with Gasteiger partial charge in [-0.15, -0.1) is 0 Å². The molecule has 0 aliphatic heterocycles. The molecule has 0 spiro atoms. The SMILES string of the molecule is Cc1ccc([N+](=O)[O-])cc1NC(=O)CCNC(C(=O)Nc1ccccc1)c1ccccc1. The first-order valence-electron chi connectivity index (χ1n) is 10.1. The predicted octanol–water partition coefficient (Wildman–Crippen LogP) is 4.20. The number of nitro groups is 1. The van der Waals surface area contributed by atoms with Crippen molar-refractivity contribution in [1.82, 2.24) is 5.32 Å². The van der Waals surface area contributed by atoms with E-state index in [0.29, 0.717) is 11.4 Å². The summed E-state index contributed by atoms with van der Waals surface area (Å²) >= 11 is 0. The fraction of sp³-hybridized carbons (Fsp3) is 0.167. The maximum Gasteiger partial charge on any atom is 0.271 e. The fourth-order valence-corrected chi connectivity index (χ4v) is 3.14. The predicted molar refractivity (Wildman–Crippen MR) is 123 cm³/mol. The molecule has 8 heteroatoms. The molecule has 1 unspecified atom stereocenters. The van der Waals surface area contributed by atoms with E-state index in [1.807, 2.05) is 48.5 Å². The summed E-state index contributed by atoms with van der Waals surface area (Å²) in [6.45, 7) is 2.00. The van der Waals surface area contributed by atoms with E-state index in [2.05, 4.69) is 16.0 Å². The Morgan fingerprint density at radius 2 is 1.59 bits per heavy atom. The second-order valence-electron chi connectivity index (χ2n) is 7.21. The van der Waals surface area contributed by atoms with Crippen LogP contribution in [0.25, 0.3) is 0 Å². The van der Waals surface area contributed by atoms with Crippen molar-refractivity contribution in [3.63, 3.8) is 0 Å². The molecule has 0 fully saturated rings. The Hall–Kier alpha value is -4.04. The zero-order valence-corrected chi connectivity index (χ0v) is 17.6. The summed E-state index contributed by atoms with van der Waals surface area (Å²) in [6, 6.07) is 22.0. The number of para-hydroxylation sites is 1. The Balaban J connectivity index is 1.62. The second kappa shape index (κ2) is 10.8. The lowest BCUT2D eigenvalue weighted by Crippen LogP contribution is -2.34. The van der Waals surface area contributed by atoms with Gasteiger partial charge in [-0.2, -0.15) is 0 Å². The number of hydrogen-bond acceptors (Lipinski definition) is 5. The molecule has 0 aliphatic carbocycles. The van der Waals surface area contributed by atoms with E-state index in [4.69, 9.17) is 0 Å². The maximum atomic E-state index is 12.9. The van der Waals surface area contributed by atoms with Crippen molar-refractivity contribution < 1.29 is 14.5 Å². The minimum Gasteiger partial charge on any atom is -0.326 e. The number of benzene rings is 3. The number of nitrogens with one attached hydrogen (secondary N) is 3. The molecular weight excluding hydrogens is 408 g/mol. The topological polar surface area (TPSA) is 113 Å². The van der Waals surface area contributed by atoms with E-state index >= 15 is 0 Å². The van der Waals surface area contributed by atoms with E-state index in [-0.39, 0.29) is 30.5 Å². The molecule has 0 heterocycles. The number of carbonyl (C=O) groups excluding carboxylic acids is 2. The van der Waals surface area contributed by atoms with Crippen LogP contribution in [0.4, 0.5) is 17.1 Å². The van der Waals surface area contributed by atoms with Crippen molar-refractivity contribution in [3.8, 4) is 0 Å². The summed E-state index contributed by atoms with van der Waals surface area (Å²) in [6.07, 6.45) is 0.0874. The zero-order valence-electron chi connectivity index (χ0n) is 17.6. The summed E-state index contributed by atoms with van der Waals surface area (Å²) in [5.41, 5.74) is 2.48. The molecule has 0 aromatic heterocycles. The van der Waals surface area contributed by atoms with Gasteiger partial charge in [0.25, 0.3) is 5.69 Å². The van der Waals surface area contributed by atoms with Crippen LogP contribution in [0.3, 0.4) is 0 Å². The number of hydrogen-bond donors (Lipinski definition) is 3. The number of nitrogens with zero attached hydrogens (tertiary/aromatic N) is 1. The quantitative estimate of drug-likeness (QED) is 0.346. The Bertz CT molecular complexity index is 1090. The number of non-ortho nitro benzene ring substituents is 1. The lowest BCUT2D eigenvalue weighted by Gasteiger charge is -2.19. The average Bonchev–Trinajstić information content (AvgIpc) is 2.79. The largest absolute Gasteiger partial charge is 0.326 e. The van der Waals surface area contributed by atoms with Gasteiger partial charge in [-0.05, 0) is 30.2 Å². The number of amides is 2. The molecule has 0 saturated carbocycles. The van der Waals surface area contributed by atoms with Crippen LogP contribution in [0.2, 0.25) is 0 Å². The molecule has 164 valence electrons. The first-order chi connectivity index (χ1) is 15.4.